The van der Waals surface area contributed by atoms with Crippen LogP contribution in [0, 0.1) is 6.92 Å². The molecule has 0 saturated heterocycles. The number of pyridine rings is 1. The van der Waals surface area contributed by atoms with Gasteiger partial charge in [-0.25, -0.2) is 9.78 Å². The topological polar surface area (TPSA) is 51.2 Å². The average Bonchev–Trinajstić information content (AvgIpc) is 2.33. The summed E-state index contributed by atoms with van der Waals surface area (Å²) >= 11 is 0. The van der Waals surface area contributed by atoms with Crippen molar-refractivity contribution in [2.75, 3.05) is 5.32 Å². The molecule has 2 aromatic rings. The molecule has 0 aliphatic heterocycles. The SMILES string of the molecule is Cc1ccc(NC(=O)Oc2ccccn2)cc1. The minimum atomic E-state index is -0.549. The molecule has 1 aromatic carbocycles. The van der Waals surface area contributed by atoms with E-state index in [1.807, 2.05) is 31.2 Å². The number of aryl methyl sites for hydroxylation is 1. The molecule has 0 spiro atoms. The van der Waals surface area contributed by atoms with Crippen LogP contribution >= 0.6 is 0 Å². The van der Waals surface area contributed by atoms with Crippen LogP contribution in [-0.2, 0) is 0 Å². The molecule has 1 heterocycles. The van der Waals surface area contributed by atoms with Gasteiger partial charge in [0.15, 0.2) is 0 Å². The van der Waals surface area contributed by atoms with Gasteiger partial charge in [0.05, 0.1) is 0 Å². The first kappa shape index (κ1) is 11.1. The minimum Gasteiger partial charge on any atom is -0.391 e. The van der Waals surface area contributed by atoms with E-state index >= 15 is 0 Å². The summed E-state index contributed by atoms with van der Waals surface area (Å²) in [6.07, 6.45) is 1.02. The normalized spacial score (nSPS) is 9.71. The van der Waals surface area contributed by atoms with Gasteiger partial charge in [0.25, 0.3) is 0 Å². The molecule has 0 bridgehead atoms. The second-order valence-electron chi connectivity index (χ2n) is 3.55. The molecule has 2 rings (SSSR count). The van der Waals surface area contributed by atoms with Gasteiger partial charge in [0, 0.05) is 18.0 Å². The van der Waals surface area contributed by atoms with E-state index in [0.29, 0.717) is 5.69 Å². The number of benzene rings is 1. The van der Waals surface area contributed by atoms with Crippen LogP contribution in [0.1, 0.15) is 5.56 Å². The number of hydrogen-bond acceptors (Lipinski definition) is 3. The van der Waals surface area contributed by atoms with Gasteiger partial charge < -0.3 is 4.74 Å². The maximum Gasteiger partial charge on any atom is 0.418 e. The second-order valence-corrected chi connectivity index (χ2v) is 3.55. The van der Waals surface area contributed by atoms with Crippen LogP contribution in [0.25, 0.3) is 0 Å². The Hall–Kier alpha value is -2.36. The van der Waals surface area contributed by atoms with Crippen LogP contribution in [0.4, 0.5) is 10.5 Å². The van der Waals surface area contributed by atoms with Crippen molar-refractivity contribution in [3.63, 3.8) is 0 Å². The van der Waals surface area contributed by atoms with Gasteiger partial charge in [-0.2, -0.15) is 0 Å². The number of anilines is 1. The zero-order valence-electron chi connectivity index (χ0n) is 9.38. The van der Waals surface area contributed by atoms with Crippen molar-refractivity contribution in [2.45, 2.75) is 6.92 Å². The summed E-state index contributed by atoms with van der Waals surface area (Å²) in [5.74, 6) is 0.275. The van der Waals surface area contributed by atoms with Crippen molar-refractivity contribution in [1.82, 2.24) is 4.98 Å². The minimum absolute atomic E-state index is 0.275. The molecule has 4 nitrogen and oxygen atoms in total. The number of carbonyl (C=O) groups is 1. The number of nitrogens with one attached hydrogen (secondary N) is 1. The Labute approximate surface area is 99.3 Å². The zero-order chi connectivity index (χ0) is 12.1. The van der Waals surface area contributed by atoms with Crippen LogP contribution in [0.15, 0.2) is 48.7 Å². The second kappa shape index (κ2) is 5.12. The van der Waals surface area contributed by atoms with E-state index in [2.05, 4.69) is 10.3 Å². The molecule has 1 N–H and O–H groups in total. The third-order valence-electron chi connectivity index (χ3n) is 2.13. The summed E-state index contributed by atoms with van der Waals surface area (Å²) < 4.78 is 4.99. The van der Waals surface area contributed by atoms with Gasteiger partial charge in [-0.05, 0) is 25.1 Å². The smallest absolute Gasteiger partial charge is 0.391 e. The van der Waals surface area contributed by atoms with Crippen molar-refractivity contribution in [3.05, 3.63) is 54.2 Å². The number of rotatable bonds is 2. The van der Waals surface area contributed by atoms with Crippen LogP contribution < -0.4 is 10.1 Å². The van der Waals surface area contributed by atoms with Gasteiger partial charge in [0.2, 0.25) is 5.88 Å². The van der Waals surface area contributed by atoms with Gasteiger partial charge in [0.1, 0.15) is 0 Å². The van der Waals surface area contributed by atoms with Gasteiger partial charge in [-0.1, -0.05) is 23.8 Å². The molecule has 0 aliphatic carbocycles. The number of carbonyl (C=O) groups excluding carboxylic acids is 1. The fourth-order valence-corrected chi connectivity index (χ4v) is 1.28. The monoisotopic (exact) mass is 228 g/mol. The maximum absolute atomic E-state index is 11.5. The number of aromatic nitrogens is 1. The fraction of sp³-hybridized carbons (Fsp3) is 0.0769. The van der Waals surface area contributed by atoms with E-state index in [-0.39, 0.29) is 5.88 Å². The molecule has 0 radical (unpaired) electrons. The number of nitrogens with zero attached hydrogens (tertiary/aromatic N) is 1. The standard InChI is InChI=1S/C13H12N2O2/c1-10-5-7-11(8-6-10)15-13(16)17-12-4-2-3-9-14-12/h2-9H,1H3,(H,15,16). The van der Waals surface area contributed by atoms with E-state index in [4.69, 9.17) is 4.74 Å². The van der Waals surface area contributed by atoms with E-state index in [9.17, 15) is 4.79 Å². The highest BCUT2D eigenvalue weighted by molar-refractivity contribution is 5.85. The van der Waals surface area contributed by atoms with Crippen molar-refractivity contribution in [2.24, 2.45) is 0 Å². The average molecular weight is 228 g/mol. The molecule has 0 fully saturated rings. The lowest BCUT2D eigenvalue weighted by atomic mass is 10.2. The van der Waals surface area contributed by atoms with Crippen molar-refractivity contribution in [3.8, 4) is 5.88 Å². The first-order valence-corrected chi connectivity index (χ1v) is 5.20. The lowest BCUT2D eigenvalue weighted by Crippen LogP contribution is -2.17. The molecule has 0 unspecified atom stereocenters. The van der Waals surface area contributed by atoms with Crippen molar-refractivity contribution >= 4 is 11.8 Å². The van der Waals surface area contributed by atoms with E-state index < -0.39 is 6.09 Å². The molecule has 0 atom stereocenters. The summed E-state index contributed by atoms with van der Waals surface area (Å²) in [6.45, 7) is 1.98. The van der Waals surface area contributed by atoms with Crippen LogP contribution in [0.3, 0.4) is 0 Å². The van der Waals surface area contributed by atoms with E-state index in [0.717, 1.165) is 5.56 Å². The number of amides is 1. The number of ether oxygens (including phenoxy) is 1. The zero-order valence-corrected chi connectivity index (χ0v) is 9.38. The van der Waals surface area contributed by atoms with Crippen LogP contribution in [-0.4, -0.2) is 11.1 Å². The Bertz CT molecular complexity index is 495. The predicted octanol–water partition coefficient (Wildman–Crippen LogP) is 3.00. The molecule has 1 amide bonds. The number of hydrogen-bond donors (Lipinski definition) is 1. The molecule has 0 aliphatic rings. The molecular formula is C13H12N2O2. The highest BCUT2D eigenvalue weighted by atomic mass is 16.6. The van der Waals surface area contributed by atoms with Gasteiger partial charge in [-0.3, -0.25) is 5.32 Å². The summed E-state index contributed by atoms with van der Waals surface area (Å²) in [4.78, 5) is 15.4. The largest absolute Gasteiger partial charge is 0.418 e. The first-order chi connectivity index (χ1) is 8.24. The predicted molar refractivity (Wildman–Crippen MR) is 65.1 cm³/mol. The van der Waals surface area contributed by atoms with Crippen LogP contribution in [0.2, 0.25) is 0 Å². The quantitative estimate of drug-likeness (QED) is 0.859. The Morgan fingerprint density at radius 3 is 2.59 bits per heavy atom. The van der Waals surface area contributed by atoms with Crippen molar-refractivity contribution < 1.29 is 9.53 Å². The summed E-state index contributed by atoms with van der Waals surface area (Å²) in [5.41, 5.74) is 1.82. The Morgan fingerprint density at radius 1 is 1.18 bits per heavy atom. The van der Waals surface area contributed by atoms with Gasteiger partial charge in [-0.15, -0.1) is 0 Å². The lowest BCUT2D eigenvalue weighted by molar-refractivity contribution is 0.213. The third-order valence-corrected chi connectivity index (χ3v) is 2.13. The maximum atomic E-state index is 11.5. The summed E-state index contributed by atoms with van der Waals surface area (Å²) in [5, 5.41) is 2.62. The molecule has 1 aromatic heterocycles. The first-order valence-electron chi connectivity index (χ1n) is 5.20. The molecule has 86 valence electrons. The van der Waals surface area contributed by atoms with E-state index in [1.165, 1.54) is 0 Å². The molecule has 4 heteroatoms. The Balaban J connectivity index is 1.96. The molecular weight excluding hydrogens is 216 g/mol. The highest BCUT2D eigenvalue weighted by Crippen LogP contribution is 2.10. The van der Waals surface area contributed by atoms with Crippen molar-refractivity contribution in [1.29, 1.82) is 0 Å². The highest BCUT2D eigenvalue weighted by Gasteiger charge is 2.04. The van der Waals surface area contributed by atoms with E-state index in [1.54, 1.807) is 24.4 Å². The molecule has 17 heavy (non-hydrogen) atoms. The fourth-order valence-electron chi connectivity index (χ4n) is 1.28. The lowest BCUT2D eigenvalue weighted by Gasteiger charge is -2.05. The third kappa shape index (κ3) is 3.31. The Kier molecular flexibility index (Phi) is 3.35. The van der Waals surface area contributed by atoms with Gasteiger partial charge >= 0.3 is 6.09 Å². The summed E-state index contributed by atoms with van der Waals surface area (Å²) in [6, 6.07) is 12.6. The van der Waals surface area contributed by atoms with Crippen LogP contribution in [0.5, 0.6) is 5.88 Å². The summed E-state index contributed by atoms with van der Waals surface area (Å²) in [7, 11) is 0. The Morgan fingerprint density at radius 2 is 1.94 bits per heavy atom. The molecule has 0 saturated carbocycles.